The Morgan fingerprint density at radius 1 is 1.00 bits per heavy atom. The Labute approximate surface area is 138 Å². The number of rotatable bonds is 4. The quantitative estimate of drug-likeness (QED) is 0.754. The zero-order chi connectivity index (χ0) is 17.1. The molecule has 3 aromatic rings. The summed E-state index contributed by atoms with van der Waals surface area (Å²) in [7, 11) is 0. The van der Waals surface area contributed by atoms with Crippen LogP contribution in [0.25, 0.3) is 11.3 Å². The van der Waals surface area contributed by atoms with E-state index in [1.54, 1.807) is 36.4 Å². The van der Waals surface area contributed by atoms with Crippen molar-refractivity contribution in [2.24, 2.45) is 0 Å². The van der Waals surface area contributed by atoms with Crippen LogP contribution >= 0.6 is 0 Å². The number of nitrogens with one attached hydrogen (secondary N) is 1. The van der Waals surface area contributed by atoms with Gasteiger partial charge in [0, 0.05) is 16.8 Å². The zero-order valence-corrected chi connectivity index (χ0v) is 12.9. The van der Waals surface area contributed by atoms with E-state index in [0.717, 1.165) is 5.56 Å². The first-order chi connectivity index (χ1) is 11.5. The van der Waals surface area contributed by atoms with Crippen molar-refractivity contribution in [2.75, 3.05) is 5.32 Å². The fourth-order valence-corrected chi connectivity index (χ4v) is 2.35. The fourth-order valence-electron chi connectivity index (χ4n) is 2.35. The molecular weight excluding hydrogens is 306 g/mol. The van der Waals surface area contributed by atoms with Gasteiger partial charge in [0.05, 0.1) is 0 Å². The molecule has 1 amide bonds. The van der Waals surface area contributed by atoms with E-state index in [1.807, 2.05) is 25.1 Å². The molecular formula is C19H15NO4. The predicted molar refractivity (Wildman–Crippen MR) is 90.2 cm³/mol. The molecule has 0 fully saturated rings. The molecule has 0 saturated heterocycles. The molecule has 0 aliphatic rings. The van der Waals surface area contributed by atoms with Gasteiger partial charge in [0.1, 0.15) is 5.76 Å². The van der Waals surface area contributed by atoms with E-state index in [0.29, 0.717) is 22.6 Å². The topological polar surface area (TPSA) is 79.5 Å². The highest BCUT2D eigenvalue weighted by Gasteiger charge is 2.11. The molecule has 0 spiro atoms. The number of carboxylic acid groups (broad SMARTS) is 1. The highest BCUT2D eigenvalue weighted by molar-refractivity contribution is 6.04. The number of amides is 1. The number of anilines is 1. The van der Waals surface area contributed by atoms with Crippen LogP contribution in [0.2, 0.25) is 0 Å². The number of furan rings is 1. The summed E-state index contributed by atoms with van der Waals surface area (Å²) in [6.45, 7) is 1.92. The average Bonchev–Trinajstić information content (AvgIpc) is 3.05. The molecule has 120 valence electrons. The van der Waals surface area contributed by atoms with Crippen LogP contribution in [0.1, 0.15) is 26.5 Å². The highest BCUT2D eigenvalue weighted by atomic mass is 16.4. The summed E-state index contributed by atoms with van der Waals surface area (Å²) in [6.07, 6.45) is 0. The van der Waals surface area contributed by atoms with Crippen molar-refractivity contribution in [3.63, 3.8) is 0 Å². The van der Waals surface area contributed by atoms with E-state index in [1.165, 1.54) is 6.07 Å². The van der Waals surface area contributed by atoms with Crippen LogP contribution in [0.15, 0.2) is 65.1 Å². The number of hydrogen-bond donors (Lipinski definition) is 2. The summed E-state index contributed by atoms with van der Waals surface area (Å²) in [5.41, 5.74) is 2.87. The predicted octanol–water partition coefficient (Wildman–Crippen LogP) is 4.21. The summed E-state index contributed by atoms with van der Waals surface area (Å²) >= 11 is 0. The lowest BCUT2D eigenvalue weighted by atomic mass is 10.1. The van der Waals surface area contributed by atoms with E-state index in [2.05, 4.69) is 5.32 Å². The second-order valence-corrected chi connectivity index (χ2v) is 5.37. The van der Waals surface area contributed by atoms with E-state index in [9.17, 15) is 9.59 Å². The maximum atomic E-state index is 12.3. The number of aromatic carboxylic acids is 1. The second-order valence-electron chi connectivity index (χ2n) is 5.37. The molecule has 0 atom stereocenters. The first-order valence-electron chi connectivity index (χ1n) is 7.34. The minimum absolute atomic E-state index is 0.126. The summed E-state index contributed by atoms with van der Waals surface area (Å²) in [4.78, 5) is 23.2. The van der Waals surface area contributed by atoms with Gasteiger partial charge in [-0.1, -0.05) is 29.8 Å². The molecule has 0 bridgehead atoms. The molecule has 24 heavy (non-hydrogen) atoms. The van der Waals surface area contributed by atoms with E-state index in [4.69, 9.17) is 9.52 Å². The summed E-state index contributed by atoms with van der Waals surface area (Å²) in [5.74, 6) is -1.02. The Balaban J connectivity index is 1.82. The minimum Gasteiger partial charge on any atom is -0.475 e. The zero-order valence-electron chi connectivity index (χ0n) is 12.9. The third-order valence-electron chi connectivity index (χ3n) is 3.50. The van der Waals surface area contributed by atoms with Crippen LogP contribution in [-0.2, 0) is 0 Å². The molecule has 0 aliphatic heterocycles. The van der Waals surface area contributed by atoms with Gasteiger partial charge in [0.2, 0.25) is 5.76 Å². The van der Waals surface area contributed by atoms with Crippen molar-refractivity contribution in [3.05, 3.63) is 77.6 Å². The van der Waals surface area contributed by atoms with Crippen molar-refractivity contribution in [1.82, 2.24) is 0 Å². The largest absolute Gasteiger partial charge is 0.475 e. The molecule has 2 aromatic carbocycles. The van der Waals surface area contributed by atoms with Gasteiger partial charge in [-0.05, 0) is 43.3 Å². The van der Waals surface area contributed by atoms with Crippen LogP contribution in [0.4, 0.5) is 5.69 Å². The van der Waals surface area contributed by atoms with Gasteiger partial charge in [-0.15, -0.1) is 0 Å². The lowest BCUT2D eigenvalue weighted by Crippen LogP contribution is -2.11. The molecule has 2 N–H and O–H groups in total. The molecule has 1 aromatic heterocycles. The van der Waals surface area contributed by atoms with E-state index >= 15 is 0 Å². The molecule has 5 nitrogen and oxygen atoms in total. The second kappa shape index (κ2) is 6.42. The van der Waals surface area contributed by atoms with E-state index < -0.39 is 5.97 Å². The molecule has 0 saturated carbocycles. The smallest absolute Gasteiger partial charge is 0.371 e. The molecule has 0 unspecified atom stereocenters. The SMILES string of the molecule is Cc1cccc(C(=O)Nc2cccc(-c3ccc(C(=O)O)o3)c2)c1. The minimum atomic E-state index is -1.12. The van der Waals surface area contributed by atoms with E-state index in [-0.39, 0.29) is 11.7 Å². The maximum Gasteiger partial charge on any atom is 0.371 e. The number of carboxylic acids is 1. The van der Waals surface area contributed by atoms with Gasteiger partial charge >= 0.3 is 5.97 Å². The highest BCUT2D eigenvalue weighted by Crippen LogP contribution is 2.25. The fraction of sp³-hybridized carbons (Fsp3) is 0.0526. The molecule has 0 radical (unpaired) electrons. The van der Waals surface area contributed by atoms with Crippen molar-refractivity contribution >= 4 is 17.6 Å². The third kappa shape index (κ3) is 3.35. The van der Waals surface area contributed by atoms with Gasteiger partial charge in [-0.2, -0.15) is 0 Å². The van der Waals surface area contributed by atoms with Gasteiger partial charge in [0.25, 0.3) is 5.91 Å². The Morgan fingerprint density at radius 3 is 2.50 bits per heavy atom. The summed E-state index contributed by atoms with van der Waals surface area (Å²) < 4.78 is 5.28. The molecule has 0 aliphatic carbocycles. The number of hydrogen-bond acceptors (Lipinski definition) is 3. The van der Waals surface area contributed by atoms with Crippen LogP contribution in [-0.4, -0.2) is 17.0 Å². The first-order valence-corrected chi connectivity index (χ1v) is 7.34. The number of aryl methyl sites for hydroxylation is 1. The Bertz CT molecular complexity index is 911. The molecule has 5 heteroatoms. The lowest BCUT2D eigenvalue weighted by Gasteiger charge is -2.07. The van der Waals surface area contributed by atoms with Crippen molar-refractivity contribution in [1.29, 1.82) is 0 Å². The normalized spacial score (nSPS) is 10.4. The van der Waals surface area contributed by atoms with Crippen LogP contribution in [0, 0.1) is 6.92 Å². The number of carbonyl (C=O) groups is 2. The van der Waals surface area contributed by atoms with Crippen molar-refractivity contribution < 1.29 is 19.1 Å². The average molecular weight is 321 g/mol. The Hall–Kier alpha value is -3.34. The standard InChI is InChI=1S/C19H15NO4/c1-12-4-2-6-14(10-12)18(21)20-15-7-3-5-13(11-15)16-8-9-17(24-16)19(22)23/h2-11H,1H3,(H,20,21)(H,22,23). The molecule has 3 rings (SSSR count). The monoisotopic (exact) mass is 321 g/mol. The van der Waals surface area contributed by atoms with Crippen molar-refractivity contribution in [2.45, 2.75) is 6.92 Å². The Morgan fingerprint density at radius 2 is 1.79 bits per heavy atom. The van der Waals surface area contributed by atoms with Crippen LogP contribution < -0.4 is 5.32 Å². The van der Waals surface area contributed by atoms with Gasteiger partial charge in [-0.25, -0.2) is 4.79 Å². The summed E-state index contributed by atoms with van der Waals surface area (Å²) in [6, 6.07) is 17.3. The van der Waals surface area contributed by atoms with Gasteiger partial charge < -0.3 is 14.8 Å². The van der Waals surface area contributed by atoms with Gasteiger partial charge in [-0.3, -0.25) is 4.79 Å². The van der Waals surface area contributed by atoms with Gasteiger partial charge in [0.15, 0.2) is 0 Å². The first kappa shape index (κ1) is 15.6. The number of benzene rings is 2. The summed E-state index contributed by atoms with van der Waals surface area (Å²) in [5, 5.41) is 11.7. The molecule has 1 heterocycles. The van der Waals surface area contributed by atoms with Crippen molar-refractivity contribution in [3.8, 4) is 11.3 Å². The maximum absolute atomic E-state index is 12.3. The third-order valence-corrected chi connectivity index (χ3v) is 3.50. The lowest BCUT2D eigenvalue weighted by molar-refractivity contribution is 0.0663. The number of carbonyl (C=O) groups excluding carboxylic acids is 1. The van der Waals surface area contributed by atoms with Crippen LogP contribution in [0.3, 0.4) is 0 Å². The van der Waals surface area contributed by atoms with Crippen LogP contribution in [0.5, 0.6) is 0 Å². The Kier molecular flexibility index (Phi) is 4.16.